The lowest BCUT2D eigenvalue weighted by atomic mass is 9.68. The summed E-state index contributed by atoms with van der Waals surface area (Å²) < 4.78 is 5.70. The molecule has 0 spiro atoms. The quantitative estimate of drug-likeness (QED) is 0.473. The molecule has 3 rings (SSSR count). The van der Waals surface area contributed by atoms with Crippen LogP contribution in [0.2, 0.25) is 10.0 Å². The van der Waals surface area contributed by atoms with E-state index in [4.69, 9.17) is 27.9 Å². The lowest BCUT2D eigenvalue weighted by Crippen LogP contribution is -2.42. The van der Waals surface area contributed by atoms with E-state index in [2.05, 4.69) is 18.3 Å². The van der Waals surface area contributed by atoms with Gasteiger partial charge < -0.3 is 10.1 Å². The second-order valence-corrected chi connectivity index (χ2v) is 8.59. The molecule has 0 atom stereocenters. The van der Waals surface area contributed by atoms with Crippen LogP contribution >= 0.6 is 23.2 Å². The van der Waals surface area contributed by atoms with Crippen molar-refractivity contribution in [3.63, 3.8) is 0 Å². The Morgan fingerprint density at radius 2 is 1.93 bits per heavy atom. The highest BCUT2D eigenvalue weighted by molar-refractivity contribution is 6.35. The van der Waals surface area contributed by atoms with Gasteiger partial charge in [0, 0.05) is 15.7 Å². The summed E-state index contributed by atoms with van der Waals surface area (Å²) in [6.45, 7) is 2.65. The molecule has 0 aromatic heterocycles. The molecule has 30 heavy (non-hydrogen) atoms. The average Bonchev–Trinajstić information content (AvgIpc) is 2.75. The van der Waals surface area contributed by atoms with Gasteiger partial charge in [0.25, 0.3) is 0 Å². The highest BCUT2D eigenvalue weighted by Gasteiger charge is 2.42. The van der Waals surface area contributed by atoms with Crippen molar-refractivity contribution < 1.29 is 9.53 Å². The smallest absolute Gasteiger partial charge is 0.235 e. The zero-order chi connectivity index (χ0) is 21.6. The zero-order valence-electron chi connectivity index (χ0n) is 17.1. The van der Waals surface area contributed by atoms with Crippen molar-refractivity contribution >= 4 is 34.8 Å². The molecule has 6 heteroatoms. The third kappa shape index (κ3) is 4.91. The van der Waals surface area contributed by atoms with Gasteiger partial charge in [-0.25, -0.2) is 0 Å². The van der Waals surface area contributed by atoms with Crippen molar-refractivity contribution in [2.75, 3.05) is 11.9 Å². The number of halogens is 2. The molecule has 158 valence electrons. The van der Waals surface area contributed by atoms with Gasteiger partial charge >= 0.3 is 0 Å². The van der Waals surface area contributed by atoms with Gasteiger partial charge in [0.1, 0.15) is 11.8 Å². The van der Waals surface area contributed by atoms with Crippen molar-refractivity contribution in [2.45, 2.75) is 57.3 Å². The first kappa shape index (κ1) is 22.5. The molecule has 2 aromatic carbocycles. The molecule has 1 aliphatic rings. The van der Waals surface area contributed by atoms with E-state index in [1.54, 1.807) is 30.3 Å². The molecule has 0 heterocycles. The van der Waals surface area contributed by atoms with Crippen LogP contribution in [-0.2, 0) is 10.2 Å². The predicted octanol–water partition coefficient (Wildman–Crippen LogP) is 6.88. The Morgan fingerprint density at radius 1 is 1.17 bits per heavy atom. The minimum Gasteiger partial charge on any atom is -0.492 e. The largest absolute Gasteiger partial charge is 0.492 e. The number of nitrogens with one attached hydrogen (secondary N) is 1. The molecule has 0 saturated heterocycles. The number of amides is 1. The van der Waals surface area contributed by atoms with Crippen LogP contribution in [0.1, 0.15) is 63.0 Å². The van der Waals surface area contributed by atoms with Crippen LogP contribution in [0.3, 0.4) is 0 Å². The van der Waals surface area contributed by atoms with Gasteiger partial charge in [0.15, 0.2) is 0 Å². The van der Waals surface area contributed by atoms with Gasteiger partial charge in [-0.2, -0.15) is 5.26 Å². The summed E-state index contributed by atoms with van der Waals surface area (Å²) in [5.41, 5.74) is 1.09. The number of hydrogen-bond donors (Lipinski definition) is 1. The van der Waals surface area contributed by atoms with Gasteiger partial charge in [-0.05, 0) is 55.2 Å². The van der Waals surface area contributed by atoms with Crippen molar-refractivity contribution in [1.29, 1.82) is 5.26 Å². The van der Waals surface area contributed by atoms with Crippen LogP contribution in [0.5, 0.6) is 5.75 Å². The van der Waals surface area contributed by atoms with Gasteiger partial charge in [-0.3, -0.25) is 4.79 Å². The third-order valence-corrected chi connectivity index (χ3v) is 6.25. The molecular formula is C24H26Cl2N2O2. The van der Waals surface area contributed by atoms with E-state index >= 15 is 0 Å². The van der Waals surface area contributed by atoms with E-state index in [9.17, 15) is 10.1 Å². The Bertz CT molecular complexity index is 947. The summed E-state index contributed by atoms with van der Waals surface area (Å²) in [5.74, 6) is 0.437. The first-order chi connectivity index (χ1) is 14.5. The number of carbonyl (C=O) groups excluding carboxylic acids is 1. The summed E-state index contributed by atoms with van der Waals surface area (Å²) in [5, 5.41) is 13.6. The van der Waals surface area contributed by atoms with Crippen LogP contribution in [0.25, 0.3) is 0 Å². The number of ether oxygens (including phenoxy) is 1. The number of nitriles is 1. The molecule has 1 fully saturated rings. The number of hydrogen-bond acceptors (Lipinski definition) is 3. The molecule has 0 aliphatic heterocycles. The fourth-order valence-electron chi connectivity index (χ4n) is 4.05. The van der Waals surface area contributed by atoms with Gasteiger partial charge in [0.05, 0.1) is 17.6 Å². The molecule has 0 bridgehead atoms. The number of nitrogens with zero attached hydrogens (tertiary/aromatic N) is 1. The van der Waals surface area contributed by atoms with Gasteiger partial charge in [-0.1, -0.05) is 61.9 Å². The minimum absolute atomic E-state index is 0.102. The summed E-state index contributed by atoms with van der Waals surface area (Å²) in [7, 11) is 0. The average molecular weight is 445 g/mol. The van der Waals surface area contributed by atoms with E-state index < -0.39 is 5.41 Å². The molecule has 4 nitrogen and oxygen atoms in total. The topological polar surface area (TPSA) is 62.1 Å². The fourth-order valence-corrected chi connectivity index (χ4v) is 4.64. The standard InChI is InChI=1S/C24H26Cl2N2O2/c1-2-3-13-30-22-10-8-19(14-17(22)16-27)28-23(29)24(11-5-4-6-12-24)20-9-7-18(25)15-21(20)26/h7-10,14-15H,2-6,11-13H2,1H3,(H,28,29). The molecule has 0 radical (unpaired) electrons. The monoisotopic (exact) mass is 444 g/mol. The highest BCUT2D eigenvalue weighted by atomic mass is 35.5. The van der Waals surface area contributed by atoms with E-state index in [0.717, 1.165) is 50.5 Å². The van der Waals surface area contributed by atoms with Crippen LogP contribution in [0.15, 0.2) is 36.4 Å². The summed E-state index contributed by atoms with van der Waals surface area (Å²) in [4.78, 5) is 13.5. The molecule has 1 amide bonds. The lowest BCUT2D eigenvalue weighted by molar-refractivity contribution is -0.122. The van der Waals surface area contributed by atoms with Crippen molar-refractivity contribution in [1.82, 2.24) is 0 Å². The van der Waals surface area contributed by atoms with Gasteiger partial charge in [-0.15, -0.1) is 0 Å². The fraction of sp³-hybridized carbons (Fsp3) is 0.417. The molecular weight excluding hydrogens is 419 g/mol. The number of carbonyl (C=O) groups is 1. The first-order valence-electron chi connectivity index (χ1n) is 10.4. The molecule has 1 saturated carbocycles. The van der Waals surface area contributed by atoms with Crippen molar-refractivity contribution in [3.8, 4) is 11.8 Å². The maximum Gasteiger partial charge on any atom is 0.235 e. The van der Waals surface area contributed by atoms with E-state index in [1.165, 1.54) is 0 Å². The van der Waals surface area contributed by atoms with Gasteiger partial charge in [0.2, 0.25) is 5.91 Å². The minimum atomic E-state index is -0.705. The lowest BCUT2D eigenvalue weighted by Gasteiger charge is -2.37. The van der Waals surface area contributed by atoms with Crippen LogP contribution in [0.4, 0.5) is 5.69 Å². The van der Waals surface area contributed by atoms with Crippen molar-refractivity contribution in [2.24, 2.45) is 0 Å². The molecule has 0 unspecified atom stereocenters. The third-order valence-electron chi connectivity index (χ3n) is 5.70. The number of benzene rings is 2. The first-order valence-corrected chi connectivity index (χ1v) is 11.2. The Morgan fingerprint density at radius 3 is 2.60 bits per heavy atom. The van der Waals surface area contributed by atoms with E-state index in [-0.39, 0.29) is 5.91 Å². The Hall–Kier alpha value is -2.22. The Labute approximate surface area is 188 Å². The highest BCUT2D eigenvalue weighted by Crippen LogP contribution is 2.44. The van der Waals surface area contributed by atoms with E-state index in [0.29, 0.717) is 33.7 Å². The normalized spacial score (nSPS) is 15.3. The Kier molecular flexibility index (Phi) is 7.64. The SMILES string of the molecule is CCCCOc1ccc(NC(=O)C2(c3ccc(Cl)cc3Cl)CCCCC2)cc1C#N. The molecule has 1 aliphatic carbocycles. The number of rotatable bonds is 7. The zero-order valence-corrected chi connectivity index (χ0v) is 18.7. The summed E-state index contributed by atoms with van der Waals surface area (Å²) in [6.07, 6.45) is 6.41. The van der Waals surface area contributed by atoms with Crippen LogP contribution in [0, 0.1) is 11.3 Å². The second-order valence-electron chi connectivity index (χ2n) is 7.75. The van der Waals surface area contributed by atoms with Crippen LogP contribution in [-0.4, -0.2) is 12.5 Å². The van der Waals surface area contributed by atoms with Crippen molar-refractivity contribution in [3.05, 3.63) is 57.6 Å². The molecule has 1 N–H and O–H groups in total. The maximum atomic E-state index is 13.5. The van der Waals surface area contributed by atoms with E-state index in [1.807, 2.05) is 6.07 Å². The number of anilines is 1. The second kappa shape index (κ2) is 10.2. The van der Waals surface area contributed by atoms with Crippen LogP contribution < -0.4 is 10.1 Å². The maximum absolute atomic E-state index is 13.5. The Balaban J connectivity index is 1.87. The summed E-state index contributed by atoms with van der Waals surface area (Å²) >= 11 is 12.6. The predicted molar refractivity (Wildman–Crippen MR) is 121 cm³/mol. The molecule has 2 aromatic rings. The number of unbranched alkanes of at least 4 members (excludes halogenated alkanes) is 1. The summed E-state index contributed by atoms with van der Waals surface area (Å²) in [6, 6.07) is 12.7.